The van der Waals surface area contributed by atoms with Crippen molar-refractivity contribution >= 4 is 32.8 Å². The third-order valence-electron chi connectivity index (χ3n) is 6.85. The third kappa shape index (κ3) is 5.05. The van der Waals surface area contributed by atoms with Gasteiger partial charge in [0.1, 0.15) is 27.4 Å². The highest BCUT2D eigenvalue weighted by Gasteiger charge is 2.32. The molecule has 1 atom stereocenters. The van der Waals surface area contributed by atoms with E-state index in [2.05, 4.69) is 13.5 Å². The highest BCUT2D eigenvalue weighted by molar-refractivity contribution is 7.89. The first-order valence-electron chi connectivity index (χ1n) is 12.6. The Morgan fingerprint density at radius 2 is 1.81 bits per heavy atom. The van der Waals surface area contributed by atoms with Crippen molar-refractivity contribution in [3.05, 3.63) is 69.8 Å². The molecule has 0 radical (unpaired) electrons. The van der Waals surface area contributed by atoms with Crippen molar-refractivity contribution in [2.24, 2.45) is 0 Å². The van der Waals surface area contributed by atoms with Crippen LogP contribution in [0.5, 0.6) is 5.75 Å². The molecule has 0 amide bonds. The molecule has 1 aliphatic carbocycles. The second-order valence-electron chi connectivity index (χ2n) is 9.37. The predicted molar refractivity (Wildman–Crippen MR) is 143 cm³/mol. The number of rotatable bonds is 7. The minimum absolute atomic E-state index is 0.00109. The molecule has 37 heavy (non-hydrogen) atoms. The molecule has 1 unspecified atom stereocenters. The molecule has 0 spiro atoms. The van der Waals surface area contributed by atoms with Gasteiger partial charge in [-0.25, -0.2) is 17.9 Å². The van der Waals surface area contributed by atoms with Crippen LogP contribution in [0.4, 0.5) is 0 Å². The zero-order chi connectivity index (χ0) is 26.0. The maximum absolute atomic E-state index is 14.0. The van der Waals surface area contributed by atoms with Crippen molar-refractivity contribution < 1.29 is 17.9 Å². The van der Waals surface area contributed by atoms with E-state index in [1.165, 1.54) is 0 Å². The quantitative estimate of drug-likeness (QED) is 0.318. The Kier molecular flexibility index (Phi) is 7.41. The number of aromatic hydroxyl groups is 1. The van der Waals surface area contributed by atoms with Gasteiger partial charge in [0.2, 0.25) is 10.0 Å². The van der Waals surface area contributed by atoms with Gasteiger partial charge in [-0.05, 0) is 37.3 Å². The number of sulfonamides is 1. The first-order chi connectivity index (χ1) is 17.9. The SMILES string of the molecule is CCCC(NS(=O)(=O)c1c(-c2ccccc2)ccc2nsnc12)c1c(O)c2c(oc1=O)CCCCCC2. The molecule has 2 aromatic heterocycles. The summed E-state index contributed by atoms with van der Waals surface area (Å²) < 4.78 is 45.0. The van der Waals surface area contributed by atoms with E-state index in [1.54, 1.807) is 12.1 Å². The van der Waals surface area contributed by atoms with Gasteiger partial charge in [0.25, 0.3) is 0 Å². The topological polar surface area (TPSA) is 122 Å². The molecule has 1 aliphatic rings. The van der Waals surface area contributed by atoms with Crippen LogP contribution in [0.15, 0.2) is 56.6 Å². The Hall–Kier alpha value is -3.08. The molecule has 8 nitrogen and oxygen atoms in total. The minimum atomic E-state index is -4.21. The van der Waals surface area contributed by atoms with Crippen LogP contribution in [0.2, 0.25) is 0 Å². The molecular weight excluding hydrogens is 510 g/mol. The van der Waals surface area contributed by atoms with Gasteiger partial charge in [-0.2, -0.15) is 8.75 Å². The zero-order valence-corrected chi connectivity index (χ0v) is 22.2. The fourth-order valence-electron chi connectivity index (χ4n) is 5.07. The lowest BCUT2D eigenvalue weighted by Crippen LogP contribution is -2.32. The Bertz CT molecular complexity index is 1580. The van der Waals surface area contributed by atoms with Gasteiger partial charge in [-0.3, -0.25) is 0 Å². The number of aryl methyl sites for hydroxylation is 1. The molecule has 4 aromatic rings. The Morgan fingerprint density at radius 1 is 1.05 bits per heavy atom. The fourth-order valence-corrected chi connectivity index (χ4v) is 7.28. The number of nitrogens with zero attached hydrogens (tertiary/aromatic N) is 2. The van der Waals surface area contributed by atoms with Gasteiger partial charge >= 0.3 is 5.63 Å². The van der Waals surface area contributed by atoms with Crippen molar-refractivity contribution in [2.75, 3.05) is 0 Å². The van der Waals surface area contributed by atoms with Crippen LogP contribution in [0, 0.1) is 0 Å². The van der Waals surface area contributed by atoms with E-state index in [0.717, 1.165) is 37.4 Å². The summed E-state index contributed by atoms with van der Waals surface area (Å²) in [5.41, 5.74) is 1.82. The number of hydrogen-bond acceptors (Lipinski definition) is 8. The number of aromatic nitrogens is 2. The second kappa shape index (κ2) is 10.7. The highest BCUT2D eigenvalue weighted by Crippen LogP contribution is 2.37. The van der Waals surface area contributed by atoms with Crippen LogP contribution in [-0.2, 0) is 22.9 Å². The van der Waals surface area contributed by atoms with Crippen LogP contribution in [0.25, 0.3) is 22.2 Å². The maximum atomic E-state index is 14.0. The second-order valence-corrected chi connectivity index (χ2v) is 11.5. The first-order valence-corrected chi connectivity index (χ1v) is 14.8. The van der Waals surface area contributed by atoms with Crippen molar-refractivity contribution in [3.63, 3.8) is 0 Å². The van der Waals surface area contributed by atoms with E-state index in [0.29, 0.717) is 53.7 Å². The minimum Gasteiger partial charge on any atom is -0.507 e. The molecule has 5 rings (SSSR count). The molecule has 0 aliphatic heterocycles. The summed E-state index contributed by atoms with van der Waals surface area (Å²) in [6.07, 6.45) is 5.90. The predicted octanol–water partition coefficient (Wildman–Crippen LogP) is 5.50. The van der Waals surface area contributed by atoms with E-state index in [1.807, 2.05) is 37.3 Å². The molecule has 2 heterocycles. The molecule has 0 saturated carbocycles. The van der Waals surface area contributed by atoms with Crippen LogP contribution in [0.3, 0.4) is 0 Å². The van der Waals surface area contributed by atoms with Crippen LogP contribution in [-0.4, -0.2) is 22.3 Å². The average Bonchev–Trinajstić information content (AvgIpc) is 3.34. The summed E-state index contributed by atoms with van der Waals surface area (Å²) in [5.74, 6) is 0.361. The monoisotopic (exact) mass is 539 g/mol. The third-order valence-corrected chi connectivity index (χ3v) is 8.94. The lowest BCUT2D eigenvalue weighted by atomic mass is 9.94. The molecule has 2 aromatic carbocycles. The van der Waals surface area contributed by atoms with E-state index < -0.39 is 21.7 Å². The molecule has 0 fully saturated rings. The summed E-state index contributed by atoms with van der Waals surface area (Å²) in [7, 11) is -4.21. The summed E-state index contributed by atoms with van der Waals surface area (Å²) in [6, 6.07) is 11.7. The Morgan fingerprint density at radius 3 is 2.57 bits per heavy atom. The van der Waals surface area contributed by atoms with Gasteiger partial charge < -0.3 is 9.52 Å². The van der Waals surface area contributed by atoms with E-state index in [-0.39, 0.29) is 21.7 Å². The van der Waals surface area contributed by atoms with Gasteiger partial charge in [0.05, 0.1) is 23.3 Å². The van der Waals surface area contributed by atoms with E-state index in [9.17, 15) is 18.3 Å². The zero-order valence-electron chi connectivity index (χ0n) is 20.6. The lowest BCUT2D eigenvalue weighted by molar-refractivity contribution is 0.375. The van der Waals surface area contributed by atoms with Crippen LogP contribution < -0.4 is 10.3 Å². The van der Waals surface area contributed by atoms with Gasteiger partial charge in [-0.1, -0.05) is 62.6 Å². The lowest BCUT2D eigenvalue weighted by Gasteiger charge is -2.22. The first kappa shape index (κ1) is 25.6. The maximum Gasteiger partial charge on any atom is 0.344 e. The van der Waals surface area contributed by atoms with Gasteiger partial charge in [0, 0.05) is 17.5 Å². The van der Waals surface area contributed by atoms with Crippen molar-refractivity contribution in [1.29, 1.82) is 0 Å². The number of nitrogens with one attached hydrogen (secondary N) is 1. The summed E-state index contributed by atoms with van der Waals surface area (Å²) in [4.78, 5) is 13.1. The van der Waals surface area contributed by atoms with Gasteiger partial charge in [-0.15, -0.1) is 0 Å². The number of fused-ring (bicyclic) bond motifs is 2. The normalized spacial score (nSPS) is 15.2. The summed E-state index contributed by atoms with van der Waals surface area (Å²) in [5, 5.41) is 11.3. The highest BCUT2D eigenvalue weighted by atomic mass is 32.2. The molecular formula is C27H29N3O5S2. The Balaban J connectivity index is 1.63. The largest absolute Gasteiger partial charge is 0.507 e. The average molecular weight is 540 g/mol. The number of benzene rings is 2. The van der Waals surface area contributed by atoms with Crippen molar-refractivity contribution in [1.82, 2.24) is 13.5 Å². The smallest absolute Gasteiger partial charge is 0.344 e. The van der Waals surface area contributed by atoms with Crippen molar-refractivity contribution in [2.45, 2.75) is 69.2 Å². The number of hydrogen-bond donors (Lipinski definition) is 2. The standard InChI is InChI=1S/C27H29N3O5S2/c1-2-10-20(23-25(31)19-13-8-3-4-9-14-22(19)35-27(23)32)30-37(33,34)26-18(17-11-6-5-7-12-17)15-16-21-24(26)29-36-28-21/h5-7,11-12,15-16,20,30-31H,2-4,8-10,13-14H2,1H3. The van der Waals surface area contributed by atoms with Crippen LogP contribution in [0.1, 0.15) is 68.4 Å². The van der Waals surface area contributed by atoms with Crippen LogP contribution >= 0.6 is 11.7 Å². The summed E-state index contributed by atoms with van der Waals surface area (Å²) >= 11 is 0.939. The Labute approximate surface area is 219 Å². The molecule has 0 bridgehead atoms. The molecule has 194 valence electrons. The van der Waals surface area contributed by atoms with Gasteiger partial charge in [0.15, 0.2) is 0 Å². The molecule has 2 N–H and O–H groups in total. The van der Waals surface area contributed by atoms with E-state index >= 15 is 0 Å². The molecule has 0 saturated heterocycles. The molecule has 10 heteroatoms. The van der Waals surface area contributed by atoms with E-state index in [4.69, 9.17) is 4.42 Å². The van der Waals surface area contributed by atoms with Crippen molar-refractivity contribution in [3.8, 4) is 16.9 Å². The summed E-state index contributed by atoms with van der Waals surface area (Å²) in [6.45, 7) is 1.90. The fraction of sp³-hybridized carbons (Fsp3) is 0.370.